The van der Waals surface area contributed by atoms with Crippen LogP contribution in [-0.2, 0) is 27.6 Å². The molecule has 2 aromatic carbocycles. The van der Waals surface area contributed by atoms with Gasteiger partial charge < -0.3 is 9.32 Å². The second-order valence-corrected chi connectivity index (χ2v) is 10.3. The number of sulfone groups is 1. The van der Waals surface area contributed by atoms with Crippen LogP contribution >= 0.6 is 11.6 Å². The lowest BCUT2D eigenvalue weighted by atomic mass is 10.1. The van der Waals surface area contributed by atoms with Gasteiger partial charge in [0.15, 0.2) is 9.84 Å². The van der Waals surface area contributed by atoms with Gasteiger partial charge in [0.2, 0.25) is 5.91 Å². The fourth-order valence-corrected chi connectivity index (χ4v) is 5.58. The van der Waals surface area contributed by atoms with Crippen LogP contribution in [0.5, 0.6) is 0 Å². The molecule has 1 aliphatic heterocycles. The molecule has 1 fully saturated rings. The summed E-state index contributed by atoms with van der Waals surface area (Å²) in [7, 11) is -3.16. The SMILES string of the molecule is O=C(Cc1ccc(Cl)cc1)N(Cc1ccc(-c2ccc(F)cc2)o1)[C@H]1CCS(=O)(=O)C1. The summed E-state index contributed by atoms with van der Waals surface area (Å²) in [5, 5.41) is 0.582. The Morgan fingerprint density at radius 2 is 1.77 bits per heavy atom. The van der Waals surface area contributed by atoms with Gasteiger partial charge in [-0.3, -0.25) is 4.79 Å². The first-order valence-electron chi connectivity index (χ1n) is 9.88. The summed E-state index contributed by atoms with van der Waals surface area (Å²) >= 11 is 5.92. The van der Waals surface area contributed by atoms with Crippen LogP contribution in [0.25, 0.3) is 11.3 Å². The molecule has 1 aliphatic rings. The van der Waals surface area contributed by atoms with Crippen LogP contribution in [0, 0.1) is 5.82 Å². The number of hydrogen-bond acceptors (Lipinski definition) is 4. The summed E-state index contributed by atoms with van der Waals surface area (Å²) in [4.78, 5) is 14.7. The maximum absolute atomic E-state index is 13.2. The Hall–Kier alpha value is -2.64. The fraction of sp³-hybridized carbons (Fsp3) is 0.261. The molecule has 0 bridgehead atoms. The third-order valence-corrected chi connectivity index (χ3v) is 7.36. The Kier molecular flexibility index (Phi) is 6.16. The average molecular weight is 462 g/mol. The van der Waals surface area contributed by atoms with Gasteiger partial charge in [-0.25, -0.2) is 12.8 Å². The van der Waals surface area contributed by atoms with Gasteiger partial charge in [-0.2, -0.15) is 0 Å². The van der Waals surface area contributed by atoms with Crippen LogP contribution in [0.3, 0.4) is 0 Å². The number of hydrogen-bond donors (Lipinski definition) is 0. The van der Waals surface area contributed by atoms with Gasteiger partial charge in [0.05, 0.1) is 24.5 Å². The van der Waals surface area contributed by atoms with E-state index >= 15 is 0 Å². The van der Waals surface area contributed by atoms with Crippen LogP contribution in [0.2, 0.25) is 5.02 Å². The zero-order chi connectivity index (χ0) is 22.0. The van der Waals surface area contributed by atoms with Gasteiger partial charge in [0.25, 0.3) is 0 Å². The molecule has 1 saturated heterocycles. The Morgan fingerprint density at radius 3 is 2.42 bits per heavy atom. The number of nitrogens with zero attached hydrogens (tertiary/aromatic N) is 1. The van der Waals surface area contributed by atoms with Crippen LogP contribution in [0.15, 0.2) is 65.1 Å². The minimum atomic E-state index is -3.16. The van der Waals surface area contributed by atoms with Gasteiger partial charge >= 0.3 is 0 Å². The lowest BCUT2D eigenvalue weighted by Gasteiger charge is -2.27. The highest BCUT2D eigenvalue weighted by molar-refractivity contribution is 7.91. The van der Waals surface area contributed by atoms with E-state index < -0.39 is 15.9 Å². The van der Waals surface area contributed by atoms with Crippen molar-refractivity contribution in [1.29, 1.82) is 0 Å². The van der Waals surface area contributed by atoms with E-state index in [0.29, 0.717) is 23.0 Å². The number of carbonyl (C=O) groups excluding carboxylic acids is 1. The number of benzene rings is 2. The number of amides is 1. The summed E-state index contributed by atoms with van der Waals surface area (Å²) in [5.74, 6) is 0.597. The van der Waals surface area contributed by atoms with Crippen molar-refractivity contribution < 1.29 is 22.0 Å². The summed E-state index contributed by atoms with van der Waals surface area (Å²) in [5.41, 5.74) is 1.52. The topological polar surface area (TPSA) is 67.6 Å². The summed E-state index contributed by atoms with van der Waals surface area (Å²) in [6.07, 6.45) is 0.541. The van der Waals surface area contributed by atoms with Crippen molar-refractivity contribution in [2.45, 2.75) is 25.4 Å². The van der Waals surface area contributed by atoms with Crippen LogP contribution in [0.1, 0.15) is 17.7 Å². The summed E-state index contributed by atoms with van der Waals surface area (Å²) in [6, 6.07) is 16.0. The zero-order valence-electron chi connectivity index (χ0n) is 16.6. The molecular formula is C23H21ClFNO4S. The molecule has 2 heterocycles. The van der Waals surface area contributed by atoms with Gasteiger partial charge in [-0.05, 0) is 60.5 Å². The standard InChI is InChI=1S/C23H21ClFNO4S/c24-18-5-1-16(2-6-18)13-23(27)26(20-11-12-31(28,29)15-20)14-21-9-10-22(30-21)17-3-7-19(25)8-4-17/h1-10,20H,11-15H2/t20-/m0/s1. The molecule has 0 N–H and O–H groups in total. The molecule has 1 amide bonds. The maximum Gasteiger partial charge on any atom is 0.227 e. The minimum Gasteiger partial charge on any atom is -0.459 e. The third kappa shape index (κ3) is 5.35. The smallest absolute Gasteiger partial charge is 0.227 e. The van der Waals surface area contributed by atoms with Crippen molar-refractivity contribution in [3.63, 3.8) is 0 Å². The predicted octanol–water partition coefficient (Wildman–Crippen LogP) is 4.50. The van der Waals surface area contributed by atoms with Crippen molar-refractivity contribution in [3.8, 4) is 11.3 Å². The Bertz CT molecular complexity index is 1170. The van der Waals surface area contributed by atoms with E-state index in [1.165, 1.54) is 12.1 Å². The Morgan fingerprint density at radius 1 is 1.06 bits per heavy atom. The molecule has 31 heavy (non-hydrogen) atoms. The van der Waals surface area contributed by atoms with E-state index in [4.69, 9.17) is 16.0 Å². The number of rotatable bonds is 6. The monoisotopic (exact) mass is 461 g/mol. The van der Waals surface area contributed by atoms with E-state index in [-0.39, 0.29) is 36.2 Å². The molecule has 0 radical (unpaired) electrons. The zero-order valence-corrected chi connectivity index (χ0v) is 18.2. The van der Waals surface area contributed by atoms with Crippen molar-refractivity contribution in [2.24, 2.45) is 0 Å². The number of furan rings is 1. The van der Waals surface area contributed by atoms with Crippen molar-refractivity contribution >= 4 is 27.3 Å². The van der Waals surface area contributed by atoms with Gasteiger partial charge in [-0.15, -0.1) is 0 Å². The van der Waals surface area contributed by atoms with Crippen LogP contribution < -0.4 is 0 Å². The lowest BCUT2D eigenvalue weighted by Crippen LogP contribution is -2.41. The first kappa shape index (κ1) is 21.6. The van der Waals surface area contributed by atoms with Crippen LogP contribution in [0.4, 0.5) is 4.39 Å². The van der Waals surface area contributed by atoms with Crippen molar-refractivity contribution in [2.75, 3.05) is 11.5 Å². The molecule has 0 aliphatic carbocycles. The highest BCUT2D eigenvalue weighted by atomic mass is 35.5. The first-order chi connectivity index (χ1) is 14.8. The minimum absolute atomic E-state index is 0.0507. The second-order valence-electron chi connectivity index (χ2n) is 7.65. The Balaban J connectivity index is 1.55. The molecule has 0 saturated carbocycles. The fourth-order valence-electron chi connectivity index (χ4n) is 3.72. The second kappa shape index (κ2) is 8.85. The first-order valence-corrected chi connectivity index (χ1v) is 12.1. The molecule has 162 valence electrons. The molecule has 1 atom stereocenters. The largest absolute Gasteiger partial charge is 0.459 e. The maximum atomic E-state index is 13.2. The molecule has 0 unspecified atom stereocenters. The van der Waals surface area contributed by atoms with E-state index in [0.717, 1.165) is 11.1 Å². The Labute approximate surface area is 185 Å². The lowest BCUT2D eigenvalue weighted by molar-refractivity contribution is -0.133. The molecule has 3 aromatic rings. The number of halogens is 2. The third-order valence-electron chi connectivity index (χ3n) is 5.35. The molecule has 8 heteroatoms. The van der Waals surface area contributed by atoms with Crippen molar-refractivity contribution in [3.05, 3.63) is 82.8 Å². The number of carbonyl (C=O) groups is 1. The molecular weight excluding hydrogens is 441 g/mol. The molecule has 0 spiro atoms. The van der Waals surface area contributed by atoms with E-state index in [9.17, 15) is 17.6 Å². The summed E-state index contributed by atoms with van der Waals surface area (Å²) < 4.78 is 43.1. The average Bonchev–Trinajstić information content (AvgIpc) is 3.34. The van der Waals surface area contributed by atoms with Crippen molar-refractivity contribution in [1.82, 2.24) is 4.90 Å². The van der Waals surface area contributed by atoms with Crippen LogP contribution in [-0.4, -0.2) is 36.8 Å². The highest BCUT2D eigenvalue weighted by Crippen LogP contribution is 2.26. The van der Waals surface area contributed by atoms with E-state index in [1.54, 1.807) is 53.4 Å². The van der Waals surface area contributed by atoms with E-state index in [1.807, 2.05) is 0 Å². The molecule has 4 rings (SSSR count). The quantitative estimate of drug-likeness (QED) is 0.542. The summed E-state index contributed by atoms with van der Waals surface area (Å²) in [6.45, 7) is 0.161. The molecule has 5 nitrogen and oxygen atoms in total. The van der Waals surface area contributed by atoms with E-state index in [2.05, 4.69) is 0 Å². The predicted molar refractivity (Wildman–Crippen MR) is 117 cm³/mol. The normalized spacial score (nSPS) is 17.5. The molecule has 1 aromatic heterocycles. The van der Waals surface area contributed by atoms with Gasteiger partial charge in [-0.1, -0.05) is 23.7 Å². The van der Waals surface area contributed by atoms with Gasteiger partial charge in [0, 0.05) is 16.6 Å². The highest BCUT2D eigenvalue weighted by Gasteiger charge is 2.35. The van der Waals surface area contributed by atoms with Gasteiger partial charge in [0.1, 0.15) is 17.3 Å².